The average molecular weight is 402 g/mol. The monoisotopic (exact) mass is 402 g/mol. The molecule has 0 N–H and O–H groups in total. The zero-order chi connectivity index (χ0) is 15.4. The van der Waals surface area contributed by atoms with E-state index in [-0.39, 0.29) is 0 Å². The van der Waals surface area contributed by atoms with Gasteiger partial charge in [-0.3, -0.25) is 0 Å². The van der Waals surface area contributed by atoms with Crippen molar-refractivity contribution in [1.29, 1.82) is 0 Å². The predicted octanol–water partition coefficient (Wildman–Crippen LogP) is 6.27. The molecule has 2 atom stereocenters. The first-order chi connectivity index (χ1) is 9.35. The molecule has 0 spiro atoms. The molecule has 1 aromatic rings. The Kier molecular flexibility index (Phi) is 6.77. The zero-order valence-electron chi connectivity index (χ0n) is 14.0. The Labute approximate surface area is 140 Å². The van der Waals surface area contributed by atoms with Crippen LogP contribution < -0.4 is 0 Å². The summed E-state index contributed by atoms with van der Waals surface area (Å²) in [7, 11) is 0. The summed E-state index contributed by atoms with van der Waals surface area (Å²) >= 11 is 2.85. The minimum absolute atomic E-state index is 0.353. The number of halogens is 1. The number of hydrogen-bond acceptors (Lipinski definition) is 0. The Morgan fingerprint density at radius 3 is 1.85 bits per heavy atom. The first kappa shape index (κ1) is 18.2. The maximum absolute atomic E-state index is 2.85. The van der Waals surface area contributed by atoms with Gasteiger partial charge in [-0.05, 0) is 21.6 Å². The quantitative estimate of drug-likeness (QED) is 0.287. The van der Waals surface area contributed by atoms with Crippen LogP contribution in [0.1, 0.15) is 66.4 Å². The van der Waals surface area contributed by atoms with E-state index in [1.54, 1.807) is 0 Å². The van der Waals surface area contributed by atoms with Gasteiger partial charge in [-0.25, -0.2) is 0 Å². The van der Waals surface area contributed by atoms with E-state index in [0.29, 0.717) is 10.5 Å². The van der Waals surface area contributed by atoms with E-state index in [1.807, 2.05) is 0 Å². The highest BCUT2D eigenvalue weighted by Crippen LogP contribution is 2.49. The van der Waals surface area contributed by atoms with Crippen LogP contribution in [0.5, 0.6) is 0 Å². The molecule has 114 valence electrons. The predicted molar refractivity (Wildman–Crippen MR) is 103 cm³/mol. The van der Waals surface area contributed by atoms with E-state index in [9.17, 15) is 0 Å². The largest absolute Gasteiger partial charge is 0.123 e. The Morgan fingerprint density at radius 2 is 1.45 bits per heavy atom. The molecule has 1 aromatic carbocycles. The Morgan fingerprint density at radius 1 is 1.00 bits per heavy atom. The average Bonchev–Trinajstić information content (AvgIpc) is 2.49. The summed E-state index contributed by atoms with van der Waals surface area (Å²) in [6, 6.07) is 11.1. The van der Waals surface area contributed by atoms with Crippen molar-refractivity contribution in [3.05, 3.63) is 35.9 Å². The van der Waals surface area contributed by atoms with Gasteiger partial charge in [0, 0.05) is 0 Å². The molecule has 0 nitrogen and oxygen atoms in total. The standard InChI is InChI=1S/C18H31ISi/c1-7-18(8-2,9-3)15(4)20(19)17(5,6)16-13-11-10-12-14-16/h10-15,20H,7-9H2,1-6H3. The molecule has 2 unspecified atom stereocenters. The summed E-state index contributed by atoms with van der Waals surface area (Å²) in [6.45, 7) is 14.6. The van der Waals surface area contributed by atoms with Crippen molar-refractivity contribution in [3.8, 4) is 0 Å². The summed E-state index contributed by atoms with van der Waals surface area (Å²) in [5.41, 5.74) is 2.93. The van der Waals surface area contributed by atoms with Gasteiger partial charge in [0.25, 0.3) is 0 Å². The molecule has 0 aromatic heterocycles. The van der Waals surface area contributed by atoms with Crippen LogP contribution in [-0.2, 0) is 5.04 Å². The van der Waals surface area contributed by atoms with Crippen LogP contribution in [0, 0.1) is 5.41 Å². The van der Waals surface area contributed by atoms with Crippen LogP contribution in [0.25, 0.3) is 0 Å². The van der Waals surface area contributed by atoms with Gasteiger partial charge in [-0.1, -0.05) is 91.1 Å². The van der Waals surface area contributed by atoms with Gasteiger partial charge >= 0.3 is 0 Å². The van der Waals surface area contributed by atoms with Crippen LogP contribution in [0.3, 0.4) is 0 Å². The Balaban J connectivity index is 3.06. The van der Waals surface area contributed by atoms with E-state index in [2.05, 4.69) is 93.7 Å². The molecule has 0 radical (unpaired) electrons. The van der Waals surface area contributed by atoms with Crippen LogP contribution >= 0.6 is 21.8 Å². The van der Waals surface area contributed by atoms with E-state index >= 15 is 0 Å². The molecule has 0 saturated carbocycles. The fourth-order valence-corrected chi connectivity index (χ4v) is 10.1. The lowest BCUT2D eigenvalue weighted by atomic mass is 9.77. The molecule has 0 aliphatic rings. The van der Waals surface area contributed by atoms with E-state index < -0.39 is 6.29 Å². The van der Waals surface area contributed by atoms with Crippen LogP contribution in [0.2, 0.25) is 5.54 Å². The molecule has 1 rings (SSSR count). The van der Waals surface area contributed by atoms with Gasteiger partial charge < -0.3 is 0 Å². The van der Waals surface area contributed by atoms with Crippen molar-refractivity contribution < 1.29 is 0 Å². The maximum Gasteiger partial charge on any atom is 0.123 e. The van der Waals surface area contributed by atoms with Gasteiger partial charge in [0.15, 0.2) is 0 Å². The van der Waals surface area contributed by atoms with Crippen molar-refractivity contribution in [2.75, 3.05) is 0 Å². The summed E-state index contributed by atoms with van der Waals surface area (Å²) in [6.07, 6.45) is 3.01. The molecule has 0 aliphatic heterocycles. The second-order valence-electron chi connectivity index (χ2n) is 6.70. The zero-order valence-corrected chi connectivity index (χ0v) is 17.4. The maximum atomic E-state index is 2.85. The molecule has 0 saturated heterocycles. The van der Waals surface area contributed by atoms with Crippen molar-refractivity contribution in [1.82, 2.24) is 0 Å². The highest BCUT2D eigenvalue weighted by molar-refractivity contribution is 14.1. The first-order valence-electron chi connectivity index (χ1n) is 8.05. The van der Waals surface area contributed by atoms with Crippen molar-refractivity contribution in [3.63, 3.8) is 0 Å². The summed E-state index contributed by atoms with van der Waals surface area (Å²) in [4.78, 5) is 0. The number of benzene rings is 1. The molecule has 2 heteroatoms. The molecular formula is C18H31ISi. The van der Waals surface area contributed by atoms with Crippen LogP contribution in [0.4, 0.5) is 0 Å². The molecule has 0 aliphatic carbocycles. The van der Waals surface area contributed by atoms with Gasteiger partial charge in [0.05, 0.1) is 0 Å². The lowest BCUT2D eigenvalue weighted by molar-refractivity contribution is 0.236. The van der Waals surface area contributed by atoms with E-state index in [4.69, 9.17) is 0 Å². The minimum atomic E-state index is -0.940. The topological polar surface area (TPSA) is 0 Å². The highest BCUT2D eigenvalue weighted by Gasteiger charge is 2.43. The molecule has 0 fully saturated rings. The molecule has 20 heavy (non-hydrogen) atoms. The van der Waals surface area contributed by atoms with Crippen LogP contribution in [0.15, 0.2) is 30.3 Å². The van der Waals surface area contributed by atoms with Gasteiger partial charge in [-0.2, -0.15) is 0 Å². The van der Waals surface area contributed by atoms with E-state index in [0.717, 1.165) is 5.54 Å². The van der Waals surface area contributed by atoms with Gasteiger partial charge in [0.2, 0.25) is 0 Å². The van der Waals surface area contributed by atoms with Crippen molar-refractivity contribution in [2.24, 2.45) is 5.41 Å². The number of rotatable bonds is 7. The van der Waals surface area contributed by atoms with Gasteiger partial charge in [0.1, 0.15) is 6.29 Å². The molecular weight excluding hydrogens is 371 g/mol. The Bertz CT molecular complexity index is 387. The fraction of sp³-hybridized carbons (Fsp3) is 0.667. The second-order valence-corrected chi connectivity index (χ2v) is 14.0. The molecule has 0 heterocycles. The third-order valence-corrected chi connectivity index (χ3v) is 16.9. The highest BCUT2D eigenvalue weighted by atomic mass is 127. The minimum Gasteiger partial charge on any atom is -0.122 e. The molecule has 0 bridgehead atoms. The number of hydrogen-bond donors (Lipinski definition) is 0. The second kappa shape index (κ2) is 7.44. The van der Waals surface area contributed by atoms with Crippen molar-refractivity contribution >= 4 is 28.1 Å². The summed E-state index contributed by atoms with van der Waals surface area (Å²) in [5.74, 6) is 0. The fourth-order valence-electron chi connectivity index (χ4n) is 3.68. The SMILES string of the molecule is CCC(CC)(CC)C(C)[SiH](I)C(C)(C)c1ccccc1. The third kappa shape index (κ3) is 3.49. The lowest BCUT2D eigenvalue weighted by Gasteiger charge is -2.44. The van der Waals surface area contributed by atoms with Crippen molar-refractivity contribution in [2.45, 2.75) is 71.4 Å². The molecule has 0 amide bonds. The Hall–Kier alpha value is 0.167. The normalized spacial score (nSPS) is 15.9. The first-order valence-corrected chi connectivity index (χ1v) is 13.5. The van der Waals surface area contributed by atoms with Crippen LogP contribution in [-0.4, -0.2) is 6.29 Å². The summed E-state index contributed by atoms with van der Waals surface area (Å²) < 4.78 is 0. The van der Waals surface area contributed by atoms with Gasteiger partial charge in [-0.15, -0.1) is 21.8 Å². The third-order valence-electron chi connectivity index (χ3n) is 5.72. The van der Waals surface area contributed by atoms with E-state index in [1.165, 1.54) is 24.8 Å². The smallest absolute Gasteiger partial charge is 0.122 e. The lowest BCUT2D eigenvalue weighted by Crippen LogP contribution is -2.42. The summed E-state index contributed by atoms with van der Waals surface area (Å²) in [5, 5.41) is 0.353.